The van der Waals surface area contributed by atoms with Crippen molar-refractivity contribution < 1.29 is 0 Å². The summed E-state index contributed by atoms with van der Waals surface area (Å²) in [6, 6.07) is 26.3. The van der Waals surface area contributed by atoms with Crippen LogP contribution in [0.25, 0.3) is 21.5 Å². The van der Waals surface area contributed by atoms with E-state index in [-0.39, 0.29) is 0 Å². The Hall–Kier alpha value is -2.39. The molecule has 33 heavy (non-hydrogen) atoms. The molecule has 0 aromatic heterocycles. The second-order valence-corrected chi connectivity index (χ2v) is 9.60. The maximum absolute atomic E-state index is 6.38. The van der Waals surface area contributed by atoms with Gasteiger partial charge in [0, 0.05) is 24.7 Å². The quantitative estimate of drug-likeness (QED) is 0.256. The fourth-order valence-electron chi connectivity index (χ4n) is 4.59. The second kappa shape index (κ2) is 11.2. The first kappa shape index (κ1) is 23.8. The molecule has 0 amide bonds. The molecule has 4 aromatic rings. The molecule has 0 saturated heterocycles. The lowest BCUT2D eigenvalue weighted by molar-refractivity contribution is 0.343. The van der Waals surface area contributed by atoms with Crippen LogP contribution in [0.5, 0.6) is 0 Å². The zero-order valence-electron chi connectivity index (χ0n) is 20.2. The number of halogens is 1. The van der Waals surface area contributed by atoms with Gasteiger partial charge in [-0.2, -0.15) is 0 Å². The normalized spacial score (nSPS) is 11.8. The van der Waals surface area contributed by atoms with E-state index in [4.69, 9.17) is 11.6 Å². The van der Waals surface area contributed by atoms with E-state index >= 15 is 0 Å². The van der Waals surface area contributed by atoms with E-state index in [0.717, 1.165) is 50.5 Å². The molecule has 172 valence electrons. The third kappa shape index (κ3) is 5.95. The number of rotatable bonds is 10. The van der Waals surface area contributed by atoms with E-state index in [1.807, 2.05) is 6.07 Å². The van der Waals surface area contributed by atoms with Crippen molar-refractivity contribution in [3.8, 4) is 0 Å². The zero-order valence-corrected chi connectivity index (χ0v) is 20.9. The van der Waals surface area contributed by atoms with Crippen molar-refractivity contribution in [1.29, 1.82) is 0 Å². The Bertz CT molecular complexity index is 1210. The van der Waals surface area contributed by atoms with E-state index in [1.165, 1.54) is 38.2 Å². The van der Waals surface area contributed by atoms with Crippen LogP contribution in [0.1, 0.15) is 23.6 Å². The summed E-state index contributed by atoms with van der Waals surface area (Å²) in [5.74, 6) is 0. The highest BCUT2D eigenvalue weighted by Gasteiger charge is 2.10. The van der Waals surface area contributed by atoms with Crippen molar-refractivity contribution in [2.75, 3.05) is 40.3 Å². The van der Waals surface area contributed by atoms with E-state index < -0.39 is 0 Å². The van der Waals surface area contributed by atoms with Gasteiger partial charge in [-0.1, -0.05) is 79.2 Å². The fourth-order valence-corrected chi connectivity index (χ4v) is 4.77. The summed E-state index contributed by atoms with van der Waals surface area (Å²) >= 11 is 6.38. The molecule has 0 radical (unpaired) electrons. The van der Waals surface area contributed by atoms with Crippen molar-refractivity contribution in [2.24, 2.45) is 0 Å². The largest absolute Gasteiger partial charge is 0.306 e. The highest BCUT2D eigenvalue weighted by Crippen LogP contribution is 2.27. The van der Waals surface area contributed by atoms with Crippen molar-refractivity contribution in [2.45, 2.75) is 26.2 Å². The van der Waals surface area contributed by atoms with E-state index in [1.54, 1.807) is 0 Å². The smallest absolute Gasteiger partial charge is 0.0412 e. The topological polar surface area (TPSA) is 6.48 Å². The summed E-state index contributed by atoms with van der Waals surface area (Å²) in [6.07, 6.45) is 3.16. The monoisotopic (exact) mass is 458 g/mol. The Morgan fingerprint density at radius 3 is 1.94 bits per heavy atom. The molecule has 0 aliphatic rings. The van der Waals surface area contributed by atoms with E-state index in [2.05, 4.69) is 97.5 Å². The highest BCUT2D eigenvalue weighted by molar-refractivity contribution is 6.31. The lowest BCUT2D eigenvalue weighted by Crippen LogP contribution is -2.24. The summed E-state index contributed by atoms with van der Waals surface area (Å²) < 4.78 is 0. The van der Waals surface area contributed by atoms with Crippen LogP contribution in [0.3, 0.4) is 0 Å². The first-order valence-corrected chi connectivity index (χ1v) is 12.5. The maximum Gasteiger partial charge on any atom is 0.0412 e. The van der Waals surface area contributed by atoms with Crippen LogP contribution in [-0.2, 0) is 19.3 Å². The van der Waals surface area contributed by atoms with E-state index in [9.17, 15) is 0 Å². The third-order valence-corrected chi connectivity index (χ3v) is 7.10. The van der Waals surface area contributed by atoms with Crippen LogP contribution in [0, 0.1) is 0 Å². The molecule has 0 spiro atoms. The number of benzene rings is 4. The van der Waals surface area contributed by atoms with Crippen molar-refractivity contribution in [1.82, 2.24) is 9.80 Å². The average Bonchev–Trinajstić information content (AvgIpc) is 2.84. The molecule has 0 fully saturated rings. The molecular weight excluding hydrogens is 424 g/mol. The molecule has 0 aliphatic heterocycles. The Kier molecular flexibility index (Phi) is 8.03. The van der Waals surface area contributed by atoms with Gasteiger partial charge in [-0.05, 0) is 90.3 Å². The number of likely N-dealkylation sites (N-methyl/N-ethyl adjacent to an activating group) is 2. The van der Waals surface area contributed by atoms with Gasteiger partial charge in [0.2, 0.25) is 0 Å². The van der Waals surface area contributed by atoms with Crippen LogP contribution in [0.2, 0.25) is 5.02 Å². The summed E-state index contributed by atoms with van der Waals surface area (Å²) in [4.78, 5) is 4.81. The molecule has 0 aliphatic carbocycles. The fraction of sp³-hybridized carbons (Fsp3) is 0.333. The van der Waals surface area contributed by atoms with Gasteiger partial charge in [0.25, 0.3) is 0 Å². The summed E-state index contributed by atoms with van der Waals surface area (Å²) in [7, 11) is 4.41. The number of hydrogen-bond acceptors (Lipinski definition) is 2. The van der Waals surface area contributed by atoms with Crippen LogP contribution in [0.15, 0.2) is 72.8 Å². The Labute approximate surface area is 203 Å². The minimum Gasteiger partial charge on any atom is -0.306 e. The molecule has 4 aromatic carbocycles. The molecule has 3 heteroatoms. The molecule has 0 atom stereocenters. The SMILES string of the molecule is CCN(C)CCc1ccc(CCN(C)CCc2cccc3ccccc23)c2ccc(Cl)cc12. The number of hydrogen-bond donors (Lipinski definition) is 0. The van der Waals surface area contributed by atoms with Gasteiger partial charge in [0.15, 0.2) is 0 Å². The molecular formula is C30H35ClN2. The molecule has 0 heterocycles. The first-order chi connectivity index (χ1) is 16.0. The average molecular weight is 459 g/mol. The summed E-state index contributed by atoms with van der Waals surface area (Å²) in [5, 5.41) is 6.17. The van der Waals surface area contributed by atoms with Gasteiger partial charge >= 0.3 is 0 Å². The molecule has 0 N–H and O–H groups in total. The minimum absolute atomic E-state index is 0.817. The van der Waals surface area contributed by atoms with Crippen molar-refractivity contribution in [3.05, 3.63) is 94.5 Å². The molecule has 0 saturated carbocycles. The third-order valence-electron chi connectivity index (χ3n) is 6.87. The summed E-state index contributed by atoms with van der Waals surface area (Å²) in [5.41, 5.74) is 4.23. The highest BCUT2D eigenvalue weighted by atomic mass is 35.5. The Morgan fingerprint density at radius 1 is 0.606 bits per heavy atom. The van der Waals surface area contributed by atoms with Crippen LogP contribution < -0.4 is 0 Å². The second-order valence-electron chi connectivity index (χ2n) is 9.16. The molecule has 0 unspecified atom stereocenters. The van der Waals surface area contributed by atoms with Gasteiger partial charge in [-0.3, -0.25) is 0 Å². The lowest BCUT2D eigenvalue weighted by atomic mass is 9.96. The first-order valence-electron chi connectivity index (χ1n) is 12.1. The van der Waals surface area contributed by atoms with Crippen molar-refractivity contribution in [3.63, 3.8) is 0 Å². The molecule has 4 rings (SSSR count). The Balaban J connectivity index is 1.43. The van der Waals surface area contributed by atoms with Crippen molar-refractivity contribution >= 4 is 33.1 Å². The van der Waals surface area contributed by atoms with E-state index in [0.29, 0.717) is 0 Å². The van der Waals surface area contributed by atoms with Crippen LogP contribution in [0.4, 0.5) is 0 Å². The predicted octanol–water partition coefficient (Wildman–Crippen LogP) is 6.86. The standard InChI is InChI=1S/C30H35ClN2/c1-4-32(2)19-16-26-13-12-25(29-15-14-27(31)22-30(26)29)18-21-33(3)20-17-24-10-7-9-23-8-5-6-11-28(23)24/h5-15,22H,4,16-21H2,1-3H3. The maximum atomic E-state index is 6.38. The van der Waals surface area contributed by atoms with Crippen LogP contribution in [-0.4, -0.2) is 50.1 Å². The summed E-state index contributed by atoms with van der Waals surface area (Å²) in [6.45, 7) is 6.44. The Morgan fingerprint density at radius 2 is 1.21 bits per heavy atom. The van der Waals surface area contributed by atoms with Crippen LogP contribution >= 0.6 is 11.6 Å². The number of nitrogens with zero attached hydrogens (tertiary/aromatic N) is 2. The molecule has 0 bridgehead atoms. The van der Waals surface area contributed by atoms with Gasteiger partial charge in [-0.25, -0.2) is 0 Å². The number of fused-ring (bicyclic) bond motifs is 2. The van der Waals surface area contributed by atoms with Gasteiger partial charge in [0.1, 0.15) is 0 Å². The van der Waals surface area contributed by atoms with Gasteiger partial charge in [-0.15, -0.1) is 0 Å². The minimum atomic E-state index is 0.817. The predicted molar refractivity (Wildman–Crippen MR) is 145 cm³/mol. The van der Waals surface area contributed by atoms with Gasteiger partial charge in [0.05, 0.1) is 0 Å². The zero-order chi connectivity index (χ0) is 23.2. The molecule has 2 nitrogen and oxygen atoms in total. The van der Waals surface area contributed by atoms with Gasteiger partial charge < -0.3 is 9.80 Å². The lowest BCUT2D eigenvalue weighted by Gasteiger charge is -2.19.